The molecule has 5 atom stereocenters. The summed E-state index contributed by atoms with van der Waals surface area (Å²) < 4.78 is 7.54. The number of nitrogens with two attached hydrogens (primary N) is 1. The van der Waals surface area contributed by atoms with Gasteiger partial charge in [-0.3, -0.25) is 0 Å². The van der Waals surface area contributed by atoms with Gasteiger partial charge in [0.25, 0.3) is 0 Å². The highest BCUT2D eigenvalue weighted by atomic mass is 79.9. The molecule has 1 aliphatic rings. The van der Waals surface area contributed by atoms with Gasteiger partial charge in [-0.1, -0.05) is 48.8 Å². The maximum Gasteiger partial charge on any atom is 0.0979 e. The Morgan fingerprint density at radius 3 is 2.67 bits per heavy atom. The summed E-state index contributed by atoms with van der Waals surface area (Å²) >= 11 is 3.55. The molecule has 1 saturated carbocycles. The van der Waals surface area contributed by atoms with E-state index in [1.807, 2.05) is 6.07 Å². The Bertz CT molecular complexity index is 451. The van der Waals surface area contributed by atoms with Crippen molar-refractivity contribution in [2.75, 3.05) is 0 Å². The van der Waals surface area contributed by atoms with Crippen molar-refractivity contribution in [2.24, 2.45) is 17.6 Å². The zero-order valence-electron chi connectivity index (χ0n) is 13.4. The topological polar surface area (TPSA) is 35.2 Å². The Hall–Kier alpha value is -0.380. The van der Waals surface area contributed by atoms with E-state index in [1.165, 1.54) is 12.0 Å². The molecule has 1 aromatic rings. The smallest absolute Gasteiger partial charge is 0.0979 e. The monoisotopic (exact) mass is 353 g/mol. The molecular formula is C18H28BrNO. The van der Waals surface area contributed by atoms with Gasteiger partial charge in [-0.15, -0.1) is 0 Å². The van der Waals surface area contributed by atoms with E-state index < -0.39 is 0 Å². The molecule has 1 fully saturated rings. The summed E-state index contributed by atoms with van der Waals surface area (Å²) in [4.78, 5) is 0. The molecule has 2 N–H and O–H groups in total. The van der Waals surface area contributed by atoms with Crippen LogP contribution in [0.1, 0.15) is 58.1 Å². The third-order valence-electron chi connectivity index (χ3n) is 4.93. The lowest BCUT2D eigenvalue weighted by Gasteiger charge is -2.36. The fourth-order valence-corrected chi connectivity index (χ4v) is 3.57. The zero-order chi connectivity index (χ0) is 15.4. The Kier molecular flexibility index (Phi) is 6.27. The summed E-state index contributed by atoms with van der Waals surface area (Å²) in [6, 6.07) is 8.41. The van der Waals surface area contributed by atoms with Crippen LogP contribution in [0.2, 0.25) is 0 Å². The van der Waals surface area contributed by atoms with E-state index in [1.54, 1.807) is 0 Å². The van der Waals surface area contributed by atoms with E-state index in [0.29, 0.717) is 6.10 Å². The average Bonchev–Trinajstić information content (AvgIpc) is 2.47. The predicted molar refractivity (Wildman–Crippen MR) is 92.2 cm³/mol. The molecule has 5 unspecified atom stereocenters. The van der Waals surface area contributed by atoms with Crippen molar-refractivity contribution in [2.45, 2.75) is 64.7 Å². The highest BCUT2D eigenvalue weighted by Gasteiger charge is 2.29. The van der Waals surface area contributed by atoms with Crippen molar-refractivity contribution >= 4 is 15.9 Å². The lowest BCUT2D eigenvalue weighted by atomic mass is 9.80. The van der Waals surface area contributed by atoms with Crippen LogP contribution in [0.3, 0.4) is 0 Å². The third kappa shape index (κ3) is 4.54. The largest absolute Gasteiger partial charge is 0.369 e. The van der Waals surface area contributed by atoms with Crippen molar-refractivity contribution in [1.29, 1.82) is 0 Å². The second kappa shape index (κ2) is 7.75. The third-order valence-corrected chi connectivity index (χ3v) is 5.42. The van der Waals surface area contributed by atoms with E-state index >= 15 is 0 Å². The molecule has 0 bridgehead atoms. The van der Waals surface area contributed by atoms with Gasteiger partial charge in [0.15, 0.2) is 0 Å². The summed E-state index contributed by atoms with van der Waals surface area (Å²) in [6.45, 7) is 6.82. The van der Waals surface area contributed by atoms with Crippen LogP contribution in [0.4, 0.5) is 0 Å². The minimum atomic E-state index is -0.00175. The Morgan fingerprint density at radius 1 is 1.29 bits per heavy atom. The molecule has 2 nitrogen and oxygen atoms in total. The first-order valence-corrected chi connectivity index (χ1v) is 8.97. The molecular weight excluding hydrogens is 326 g/mol. The van der Waals surface area contributed by atoms with Gasteiger partial charge in [0.2, 0.25) is 0 Å². The lowest BCUT2D eigenvalue weighted by molar-refractivity contribution is -0.0594. The molecule has 0 saturated heterocycles. The molecule has 0 radical (unpaired) electrons. The fourth-order valence-electron chi connectivity index (χ4n) is 3.15. The number of halogens is 1. The Morgan fingerprint density at radius 2 is 2.05 bits per heavy atom. The van der Waals surface area contributed by atoms with Crippen LogP contribution in [-0.4, -0.2) is 12.1 Å². The minimum Gasteiger partial charge on any atom is -0.369 e. The number of hydrogen-bond donors (Lipinski definition) is 1. The summed E-state index contributed by atoms with van der Waals surface area (Å²) in [5.41, 5.74) is 7.52. The van der Waals surface area contributed by atoms with Gasteiger partial charge in [0, 0.05) is 10.5 Å². The number of benzene rings is 1. The molecule has 0 heterocycles. The van der Waals surface area contributed by atoms with Crippen LogP contribution in [0, 0.1) is 11.8 Å². The molecule has 0 amide bonds. The fraction of sp³-hybridized carbons (Fsp3) is 0.667. The van der Waals surface area contributed by atoms with E-state index in [-0.39, 0.29) is 12.1 Å². The maximum atomic E-state index is 6.46. The van der Waals surface area contributed by atoms with E-state index in [4.69, 9.17) is 10.5 Å². The van der Waals surface area contributed by atoms with Crippen LogP contribution >= 0.6 is 15.9 Å². The quantitative estimate of drug-likeness (QED) is 0.801. The molecule has 0 aromatic heterocycles. The van der Waals surface area contributed by atoms with E-state index in [9.17, 15) is 0 Å². The van der Waals surface area contributed by atoms with Crippen LogP contribution in [0.25, 0.3) is 0 Å². The normalized spacial score (nSPS) is 29.1. The van der Waals surface area contributed by atoms with Crippen molar-refractivity contribution in [3.05, 3.63) is 34.3 Å². The van der Waals surface area contributed by atoms with Crippen molar-refractivity contribution in [3.63, 3.8) is 0 Å². The molecule has 118 valence electrons. The standard InChI is InChI=1S/C18H28BrNO/c1-4-17(20)18(14-6-5-7-15(19)11-14)21-16-9-8-12(2)13(3)10-16/h5-7,11-13,16-18H,4,8-10,20H2,1-3H3. The van der Waals surface area contributed by atoms with Gasteiger partial charge in [0.1, 0.15) is 0 Å². The van der Waals surface area contributed by atoms with Crippen molar-refractivity contribution < 1.29 is 4.74 Å². The highest BCUT2D eigenvalue weighted by molar-refractivity contribution is 9.10. The van der Waals surface area contributed by atoms with Gasteiger partial charge in [-0.05, 0) is 55.2 Å². The highest BCUT2D eigenvalue weighted by Crippen LogP contribution is 2.35. The number of hydrogen-bond acceptors (Lipinski definition) is 2. The SMILES string of the molecule is CCC(N)C(OC1CCC(C)C(C)C1)c1cccc(Br)c1. The minimum absolute atomic E-state index is 0.00175. The summed E-state index contributed by atoms with van der Waals surface area (Å²) in [5, 5.41) is 0. The van der Waals surface area contributed by atoms with Gasteiger partial charge in [-0.25, -0.2) is 0 Å². The maximum absolute atomic E-state index is 6.46. The molecule has 3 heteroatoms. The molecule has 1 aromatic carbocycles. The molecule has 1 aliphatic carbocycles. The first-order chi connectivity index (χ1) is 10.0. The van der Waals surface area contributed by atoms with Crippen molar-refractivity contribution in [1.82, 2.24) is 0 Å². The van der Waals surface area contributed by atoms with Gasteiger partial charge < -0.3 is 10.5 Å². The van der Waals surface area contributed by atoms with E-state index in [0.717, 1.165) is 35.6 Å². The number of rotatable bonds is 5. The van der Waals surface area contributed by atoms with E-state index in [2.05, 4.69) is 54.9 Å². The van der Waals surface area contributed by atoms with Crippen LogP contribution in [0.5, 0.6) is 0 Å². The van der Waals surface area contributed by atoms with Crippen LogP contribution in [0.15, 0.2) is 28.7 Å². The van der Waals surface area contributed by atoms with Gasteiger partial charge >= 0.3 is 0 Å². The Labute approximate surface area is 137 Å². The number of ether oxygens (including phenoxy) is 1. The first kappa shape index (κ1) is 17.0. The Balaban J connectivity index is 2.10. The molecule has 0 spiro atoms. The zero-order valence-corrected chi connectivity index (χ0v) is 15.0. The van der Waals surface area contributed by atoms with Crippen LogP contribution in [-0.2, 0) is 4.74 Å². The van der Waals surface area contributed by atoms with Crippen molar-refractivity contribution in [3.8, 4) is 0 Å². The molecule has 2 rings (SSSR count). The van der Waals surface area contributed by atoms with Gasteiger partial charge in [0.05, 0.1) is 12.2 Å². The summed E-state index contributed by atoms with van der Waals surface area (Å²) in [7, 11) is 0. The molecule has 21 heavy (non-hydrogen) atoms. The average molecular weight is 354 g/mol. The summed E-state index contributed by atoms with van der Waals surface area (Å²) in [6.07, 6.45) is 4.85. The van der Waals surface area contributed by atoms with Crippen LogP contribution < -0.4 is 5.73 Å². The first-order valence-electron chi connectivity index (χ1n) is 8.17. The van der Waals surface area contributed by atoms with Gasteiger partial charge in [-0.2, -0.15) is 0 Å². The second-order valence-electron chi connectivity index (χ2n) is 6.57. The predicted octanol–water partition coefficient (Wildman–Crippen LogP) is 5.07. The molecule has 0 aliphatic heterocycles. The second-order valence-corrected chi connectivity index (χ2v) is 7.49. The summed E-state index contributed by atoms with van der Waals surface area (Å²) in [5.74, 6) is 1.55. The lowest BCUT2D eigenvalue weighted by Crippen LogP contribution is -2.35.